The zero-order valence-corrected chi connectivity index (χ0v) is 36.0. The summed E-state index contributed by atoms with van der Waals surface area (Å²) in [6.45, 7) is 0.0227. The lowest BCUT2D eigenvalue weighted by Crippen LogP contribution is -2.15. The number of hydrogen-bond acceptors (Lipinski definition) is 20. The van der Waals surface area contributed by atoms with Crippen molar-refractivity contribution in [3.63, 3.8) is 0 Å². The van der Waals surface area contributed by atoms with Crippen molar-refractivity contribution < 1.29 is 112 Å². The van der Waals surface area contributed by atoms with E-state index in [1.807, 2.05) is 0 Å². The topological polar surface area (TPSA) is 439 Å². The summed E-state index contributed by atoms with van der Waals surface area (Å²) in [6.07, 6.45) is 11.6. The fraction of sp³-hybridized carbons (Fsp3) is 0.947. The van der Waals surface area contributed by atoms with Crippen LogP contribution in [0, 0.1) is 0 Å². The molecule has 22 nitrogen and oxygen atoms in total. The van der Waals surface area contributed by atoms with Crippen LogP contribution in [-0.2, 0) is 9.59 Å². The van der Waals surface area contributed by atoms with Gasteiger partial charge in [0.25, 0.3) is 0 Å². The van der Waals surface area contributed by atoms with Gasteiger partial charge in [0.05, 0.1) is 79.3 Å². The van der Waals surface area contributed by atoms with Crippen molar-refractivity contribution in [2.24, 2.45) is 0 Å². The molecule has 0 aromatic carbocycles. The number of aliphatic carboxylic acids is 2. The Bertz CT molecular complexity index is 599. The maximum Gasteiger partial charge on any atom is 0.303 e. The first kappa shape index (κ1) is 75.6. The van der Waals surface area contributed by atoms with E-state index in [1.165, 1.54) is 64.2 Å². The molecular formula is C38H88O22. The van der Waals surface area contributed by atoms with Crippen molar-refractivity contribution in [3.05, 3.63) is 0 Å². The van der Waals surface area contributed by atoms with Gasteiger partial charge in [-0.2, -0.15) is 0 Å². The van der Waals surface area contributed by atoms with E-state index < -0.39 is 48.6 Å². The largest absolute Gasteiger partial charge is 0.481 e. The smallest absolute Gasteiger partial charge is 0.303 e. The summed E-state index contributed by atoms with van der Waals surface area (Å²) < 4.78 is 0. The second-order valence-electron chi connectivity index (χ2n) is 12.6. The Balaban J connectivity index is -0.0000000879. The van der Waals surface area contributed by atoms with Gasteiger partial charge in [0, 0.05) is 12.8 Å². The van der Waals surface area contributed by atoms with E-state index >= 15 is 0 Å². The van der Waals surface area contributed by atoms with E-state index in [2.05, 4.69) is 13.8 Å². The highest BCUT2D eigenvalue weighted by atomic mass is 16.4. The third kappa shape index (κ3) is 106. The molecule has 20 N–H and O–H groups in total. The van der Waals surface area contributed by atoms with E-state index in [-0.39, 0.29) is 79.3 Å². The summed E-state index contributed by atoms with van der Waals surface area (Å²) in [4.78, 5) is 20.3. The van der Waals surface area contributed by atoms with E-state index in [9.17, 15) is 9.59 Å². The Morgan fingerprint density at radius 1 is 0.283 bits per heavy atom. The summed E-state index contributed by atoms with van der Waals surface area (Å²) in [6, 6.07) is 0. The molecule has 0 radical (unpaired) electrons. The van der Waals surface area contributed by atoms with E-state index in [0.29, 0.717) is 12.8 Å². The Kier molecular flexibility index (Phi) is 90.3. The maximum absolute atomic E-state index is 10.1. The quantitative estimate of drug-likeness (QED) is 0.0338. The highest BCUT2D eigenvalue weighted by molar-refractivity contribution is 5.66. The monoisotopic (exact) mass is 897 g/mol. The van der Waals surface area contributed by atoms with Crippen molar-refractivity contribution in [2.75, 3.05) is 79.3 Å². The first-order valence-electron chi connectivity index (χ1n) is 20.2. The number of carboxylic acid groups (broad SMARTS) is 2. The zero-order valence-electron chi connectivity index (χ0n) is 36.0. The fourth-order valence-corrected chi connectivity index (χ4v) is 2.81. The van der Waals surface area contributed by atoms with Gasteiger partial charge in [0.1, 0.15) is 36.6 Å². The number of rotatable bonds is 28. The van der Waals surface area contributed by atoms with E-state index in [1.54, 1.807) is 0 Å². The molecule has 372 valence electrons. The molecule has 22 heteroatoms. The Morgan fingerprint density at radius 2 is 0.417 bits per heavy atom. The predicted octanol–water partition coefficient (Wildman–Crippen LogP) is -3.59. The molecule has 0 rings (SSSR count). The number of unbranched alkanes of at least 4 members (excludes halogenated alkanes) is 12. The van der Waals surface area contributed by atoms with Crippen LogP contribution in [0.25, 0.3) is 0 Å². The fourth-order valence-electron chi connectivity index (χ4n) is 2.81. The van der Waals surface area contributed by atoms with Crippen molar-refractivity contribution in [3.8, 4) is 0 Å². The lowest BCUT2D eigenvalue weighted by molar-refractivity contribution is -0.138. The molecule has 60 heavy (non-hydrogen) atoms. The Hall–Kier alpha value is -1.78. The molecule has 0 fully saturated rings. The van der Waals surface area contributed by atoms with Gasteiger partial charge in [-0.05, 0) is 12.8 Å². The second-order valence-corrected chi connectivity index (χ2v) is 12.6. The molecule has 0 heterocycles. The second kappa shape index (κ2) is 71.7. The molecule has 0 unspecified atom stereocenters. The van der Waals surface area contributed by atoms with E-state index in [0.717, 1.165) is 25.7 Å². The van der Waals surface area contributed by atoms with Crippen LogP contribution in [0.3, 0.4) is 0 Å². The first-order valence-corrected chi connectivity index (χ1v) is 20.2. The number of carbonyl (C=O) groups is 2. The molecule has 0 amide bonds. The summed E-state index contributed by atoms with van der Waals surface area (Å²) in [5, 5.41) is 161. The summed E-state index contributed by atoms with van der Waals surface area (Å²) in [7, 11) is 0. The lowest BCUT2D eigenvalue weighted by Gasteiger charge is -1.98. The molecule has 0 atom stereocenters. The average molecular weight is 897 g/mol. The lowest BCUT2D eigenvalue weighted by atomic mass is 10.1. The SMILES string of the molecule is CCCCCCCCCC(=O)O.CCCCCCCCCC(=O)O.OCC(O)CO.OCC(O)CO.OCC(O)CO.OCC(O)CO.OCC(O)CO.OCC(O)CO. The first-order chi connectivity index (χ1) is 28.4. The summed E-state index contributed by atoms with van der Waals surface area (Å²) >= 11 is 0. The molecule has 0 spiro atoms. The van der Waals surface area contributed by atoms with Gasteiger partial charge in [0.2, 0.25) is 0 Å². The van der Waals surface area contributed by atoms with Gasteiger partial charge in [-0.3, -0.25) is 9.59 Å². The molecule has 0 aromatic heterocycles. The third-order valence-electron chi connectivity index (χ3n) is 6.52. The minimum atomic E-state index is -0.954. The highest BCUT2D eigenvalue weighted by Crippen LogP contribution is 2.09. The number of aliphatic hydroxyl groups excluding tert-OH is 18. The van der Waals surface area contributed by atoms with Gasteiger partial charge in [-0.1, -0.05) is 90.9 Å². The van der Waals surface area contributed by atoms with Gasteiger partial charge >= 0.3 is 11.9 Å². The van der Waals surface area contributed by atoms with Gasteiger partial charge < -0.3 is 102 Å². The van der Waals surface area contributed by atoms with Gasteiger partial charge in [-0.15, -0.1) is 0 Å². The molecule has 0 saturated heterocycles. The molecule has 0 aromatic rings. The Labute approximate surface area is 355 Å². The van der Waals surface area contributed by atoms with Crippen LogP contribution in [0.2, 0.25) is 0 Å². The van der Waals surface area contributed by atoms with Crippen LogP contribution >= 0.6 is 0 Å². The molecule has 0 aliphatic rings. The molecular weight excluding hydrogens is 808 g/mol. The van der Waals surface area contributed by atoms with Crippen molar-refractivity contribution in [1.29, 1.82) is 0 Å². The highest BCUT2D eigenvalue weighted by Gasteiger charge is 1.98. The number of hydrogen-bond donors (Lipinski definition) is 20. The van der Waals surface area contributed by atoms with Crippen LogP contribution in [0.1, 0.15) is 117 Å². The number of aliphatic hydroxyl groups is 18. The minimum Gasteiger partial charge on any atom is -0.481 e. The van der Waals surface area contributed by atoms with Crippen LogP contribution in [0.15, 0.2) is 0 Å². The molecule has 0 aliphatic carbocycles. The minimum absolute atomic E-state index is 0.341. The van der Waals surface area contributed by atoms with Crippen LogP contribution in [0.5, 0.6) is 0 Å². The standard InChI is InChI=1S/2C10H20O2.6C3H8O3/c2*1-2-3-4-5-6-7-8-9-10(11)12;6*4-1-3(6)2-5/h2*2-9H2,1H3,(H,11,12);6*3-6H,1-2H2. The predicted molar refractivity (Wildman–Crippen MR) is 222 cm³/mol. The Morgan fingerprint density at radius 3 is 0.517 bits per heavy atom. The van der Waals surface area contributed by atoms with Gasteiger partial charge in [0.15, 0.2) is 0 Å². The molecule has 0 saturated carbocycles. The number of carboxylic acids is 2. The maximum atomic E-state index is 10.1. The van der Waals surface area contributed by atoms with Crippen LogP contribution in [0.4, 0.5) is 0 Å². The third-order valence-corrected chi connectivity index (χ3v) is 6.52. The van der Waals surface area contributed by atoms with Crippen LogP contribution < -0.4 is 0 Å². The zero-order chi connectivity index (χ0) is 48.4. The average Bonchev–Trinajstić information content (AvgIpc) is 3.27. The van der Waals surface area contributed by atoms with Gasteiger partial charge in [-0.25, -0.2) is 0 Å². The normalized spacial score (nSPS) is 10.0. The van der Waals surface area contributed by atoms with Crippen LogP contribution in [-0.4, -0.2) is 230 Å². The van der Waals surface area contributed by atoms with Crippen molar-refractivity contribution in [2.45, 2.75) is 153 Å². The van der Waals surface area contributed by atoms with Crippen molar-refractivity contribution >= 4 is 11.9 Å². The van der Waals surface area contributed by atoms with Crippen molar-refractivity contribution in [1.82, 2.24) is 0 Å². The van der Waals surface area contributed by atoms with E-state index in [4.69, 9.17) is 102 Å². The summed E-state index contributed by atoms with van der Waals surface area (Å²) in [5.74, 6) is -1.33. The summed E-state index contributed by atoms with van der Waals surface area (Å²) in [5.41, 5.74) is 0. The molecule has 0 bridgehead atoms. The molecule has 0 aliphatic heterocycles.